The molecule has 0 bridgehead atoms. The average molecular weight is 206 g/mol. The Labute approximate surface area is 84.4 Å². The zero-order chi connectivity index (χ0) is 10.6. The van der Waals surface area contributed by atoms with E-state index in [-0.39, 0.29) is 13.0 Å². The third-order valence-electron chi connectivity index (χ3n) is 2.70. The maximum atomic E-state index is 13.0. The molecule has 14 heavy (non-hydrogen) atoms. The van der Waals surface area contributed by atoms with Crippen LogP contribution in [0.1, 0.15) is 26.2 Å². The normalized spacial score (nSPS) is 24.9. The lowest BCUT2D eigenvalue weighted by Gasteiger charge is -2.33. The van der Waals surface area contributed by atoms with Crippen LogP contribution in [0, 0.1) is 5.92 Å². The number of hydrogen-bond donors (Lipinski definition) is 1. The van der Waals surface area contributed by atoms with E-state index < -0.39 is 5.92 Å². The molecule has 1 aliphatic heterocycles. The first kappa shape index (κ1) is 11.9. The zero-order valence-corrected chi connectivity index (χ0v) is 8.81. The topological polar surface area (TPSA) is 29.3 Å². The largest absolute Gasteiger partial charge is 0.330 e. The first-order valence-electron chi connectivity index (χ1n) is 5.34. The predicted octanol–water partition coefficient (Wildman–Crippen LogP) is 1.70. The fourth-order valence-corrected chi connectivity index (χ4v) is 2.02. The monoisotopic (exact) mass is 206 g/mol. The van der Waals surface area contributed by atoms with Gasteiger partial charge in [-0.1, -0.05) is 6.92 Å². The number of rotatable bonds is 4. The Kier molecular flexibility index (Phi) is 4.26. The van der Waals surface area contributed by atoms with Gasteiger partial charge >= 0.3 is 0 Å². The third-order valence-corrected chi connectivity index (χ3v) is 2.70. The van der Waals surface area contributed by atoms with E-state index in [9.17, 15) is 8.78 Å². The summed E-state index contributed by atoms with van der Waals surface area (Å²) in [5, 5.41) is 0. The van der Waals surface area contributed by atoms with E-state index >= 15 is 0 Å². The number of halogens is 2. The van der Waals surface area contributed by atoms with Crippen LogP contribution in [0.5, 0.6) is 0 Å². The van der Waals surface area contributed by atoms with Crippen molar-refractivity contribution in [3.05, 3.63) is 0 Å². The fraction of sp³-hybridized carbons (Fsp3) is 1.00. The van der Waals surface area contributed by atoms with Crippen LogP contribution in [0.4, 0.5) is 8.78 Å². The Balaban J connectivity index is 2.30. The molecular formula is C10H20F2N2. The molecule has 2 nitrogen and oxygen atoms in total. The standard InChI is InChI=1S/C10H20F2N2/c1-9(3-5-13)7-14-6-2-4-10(11,12)8-14/h9H,2-8,13H2,1H3. The van der Waals surface area contributed by atoms with E-state index in [0.29, 0.717) is 18.9 Å². The molecule has 0 aromatic heterocycles. The maximum Gasteiger partial charge on any atom is 0.260 e. The van der Waals surface area contributed by atoms with Crippen LogP contribution in [0.3, 0.4) is 0 Å². The van der Waals surface area contributed by atoms with Crippen LogP contribution in [0.25, 0.3) is 0 Å². The second-order valence-corrected chi connectivity index (χ2v) is 4.38. The van der Waals surface area contributed by atoms with Gasteiger partial charge in [-0.2, -0.15) is 0 Å². The van der Waals surface area contributed by atoms with Gasteiger partial charge in [0.2, 0.25) is 0 Å². The molecule has 1 aliphatic rings. The van der Waals surface area contributed by atoms with Crippen molar-refractivity contribution in [1.29, 1.82) is 0 Å². The molecular weight excluding hydrogens is 186 g/mol. The molecule has 0 aromatic carbocycles. The maximum absolute atomic E-state index is 13.0. The lowest BCUT2D eigenvalue weighted by Crippen LogP contribution is -2.44. The second kappa shape index (κ2) is 5.03. The number of likely N-dealkylation sites (tertiary alicyclic amines) is 1. The van der Waals surface area contributed by atoms with E-state index in [1.807, 2.05) is 4.90 Å². The number of piperidine rings is 1. The van der Waals surface area contributed by atoms with Crippen molar-refractivity contribution >= 4 is 0 Å². The van der Waals surface area contributed by atoms with Crippen molar-refractivity contribution in [3.63, 3.8) is 0 Å². The molecule has 2 N–H and O–H groups in total. The van der Waals surface area contributed by atoms with Crippen molar-refractivity contribution in [1.82, 2.24) is 4.90 Å². The number of nitrogens with zero attached hydrogens (tertiary/aromatic N) is 1. The SMILES string of the molecule is CC(CCN)CN1CCCC(F)(F)C1. The molecule has 0 spiro atoms. The van der Waals surface area contributed by atoms with Crippen molar-refractivity contribution < 1.29 is 8.78 Å². The first-order valence-corrected chi connectivity index (χ1v) is 5.34. The highest BCUT2D eigenvalue weighted by atomic mass is 19.3. The van der Waals surface area contributed by atoms with Gasteiger partial charge in [0.25, 0.3) is 5.92 Å². The average Bonchev–Trinajstić information content (AvgIpc) is 2.02. The highest BCUT2D eigenvalue weighted by molar-refractivity contribution is 4.79. The molecule has 0 radical (unpaired) electrons. The summed E-state index contributed by atoms with van der Waals surface area (Å²) in [6.45, 7) is 4.21. The Morgan fingerprint density at radius 3 is 2.79 bits per heavy atom. The predicted molar refractivity (Wildman–Crippen MR) is 53.5 cm³/mol. The summed E-state index contributed by atoms with van der Waals surface area (Å²) in [6, 6.07) is 0. The van der Waals surface area contributed by atoms with Gasteiger partial charge in [-0.05, 0) is 31.8 Å². The summed E-state index contributed by atoms with van der Waals surface area (Å²) in [4.78, 5) is 1.86. The summed E-state index contributed by atoms with van der Waals surface area (Å²) >= 11 is 0. The van der Waals surface area contributed by atoms with Gasteiger partial charge in [-0.25, -0.2) is 8.78 Å². The Bertz CT molecular complexity index is 174. The van der Waals surface area contributed by atoms with E-state index in [2.05, 4.69) is 6.92 Å². The summed E-state index contributed by atoms with van der Waals surface area (Å²) in [6.07, 6.45) is 1.58. The van der Waals surface area contributed by atoms with Gasteiger partial charge in [0.1, 0.15) is 0 Å². The Hall–Kier alpha value is -0.220. The highest BCUT2D eigenvalue weighted by Crippen LogP contribution is 2.26. The van der Waals surface area contributed by atoms with E-state index in [4.69, 9.17) is 5.73 Å². The Morgan fingerprint density at radius 1 is 1.50 bits per heavy atom. The number of alkyl halides is 2. The summed E-state index contributed by atoms with van der Waals surface area (Å²) in [5.74, 6) is -2.05. The first-order chi connectivity index (χ1) is 6.53. The molecule has 1 atom stereocenters. The smallest absolute Gasteiger partial charge is 0.260 e. The van der Waals surface area contributed by atoms with Crippen LogP contribution in [0.2, 0.25) is 0 Å². The quantitative estimate of drug-likeness (QED) is 0.758. The molecule has 0 amide bonds. The summed E-state index contributed by atoms with van der Waals surface area (Å²) < 4.78 is 26.0. The molecule has 0 saturated carbocycles. The van der Waals surface area contributed by atoms with Gasteiger partial charge in [-0.15, -0.1) is 0 Å². The molecule has 84 valence electrons. The van der Waals surface area contributed by atoms with Crippen LogP contribution in [0.15, 0.2) is 0 Å². The van der Waals surface area contributed by atoms with Gasteiger partial charge in [0.15, 0.2) is 0 Å². The van der Waals surface area contributed by atoms with Gasteiger partial charge in [-0.3, -0.25) is 4.90 Å². The zero-order valence-electron chi connectivity index (χ0n) is 8.81. The van der Waals surface area contributed by atoms with E-state index in [1.165, 1.54) is 0 Å². The minimum atomic E-state index is -2.47. The molecule has 1 saturated heterocycles. The molecule has 1 rings (SSSR count). The Morgan fingerprint density at radius 2 is 2.21 bits per heavy atom. The molecule has 0 aromatic rings. The molecule has 1 unspecified atom stereocenters. The minimum Gasteiger partial charge on any atom is -0.330 e. The number of hydrogen-bond acceptors (Lipinski definition) is 2. The van der Waals surface area contributed by atoms with Crippen LogP contribution in [-0.2, 0) is 0 Å². The molecule has 0 aliphatic carbocycles. The third kappa shape index (κ3) is 3.88. The second-order valence-electron chi connectivity index (χ2n) is 4.38. The van der Waals surface area contributed by atoms with E-state index in [0.717, 1.165) is 19.5 Å². The van der Waals surface area contributed by atoms with Gasteiger partial charge in [0.05, 0.1) is 6.54 Å². The van der Waals surface area contributed by atoms with Crippen molar-refractivity contribution in [3.8, 4) is 0 Å². The fourth-order valence-electron chi connectivity index (χ4n) is 2.02. The van der Waals surface area contributed by atoms with Crippen molar-refractivity contribution in [2.45, 2.75) is 32.1 Å². The summed E-state index contributed by atoms with van der Waals surface area (Å²) in [5.41, 5.74) is 5.42. The molecule has 1 heterocycles. The minimum absolute atomic E-state index is 0.0504. The van der Waals surface area contributed by atoms with E-state index in [1.54, 1.807) is 0 Å². The van der Waals surface area contributed by atoms with Crippen LogP contribution >= 0.6 is 0 Å². The van der Waals surface area contributed by atoms with Crippen molar-refractivity contribution in [2.24, 2.45) is 11.7 Å². The van der Waals surface area contributed by atoms with Crippen LogP contribution < -0.4 is 5.73 Å². The van der Waals surface area contributed by atoms with Crippen molar-refractivity contribution in [2.75, 3.05) is 26.2 Å². The lowest BCUT2D eigenvalue weighted by molar-refractivity contribution is -0.0666. The lowest BCUT2D eigenvalue weighted by atomic mass is 10.0. The van der Waals surface area contributed by atoms with Crippen LogP contribution in [-0.4, -0.2) is 37.0 Å². The summed E-state index contributed by atoms with van der Waals surface area (Å²) in [7, 11) is 0. The molecule has 1 fully saturated rings. The highest BCUT2D eigenvalue weighted by Gasteiger charge is 2.35. The van der Waals surface area contributed by atoms with Gasteiger partial charge in [0, 0.05) is 13.0 Å². The molecule has 4 heteroatoms. The van der Waals surface area contributed by atoms with Gasteiger partial charge < -0.3 is 5.73 Å². The number of nitrogens with two attached hydrogens (primary N) is 1.